The Bertz CT molecular complexity index is 302. The summed E-state index contributed by atoms with van der Waals surface area (Å²) in [4.78, 5) is 29.7. The van der Waals surface area contributed by atoms with E-state index >= 15 is 0 Å². The number of carbonyl (C=O) groups excluding carboxylic acids is 2. The lowest BCUT2D eigenvalue weighted by Gasteiger charge is -2.23. The van der Waals surface area contributed by atoms with E-state index in [9.17, 15) is 14.4 Å². The van der Waals surface area contributed by atoms with Crippen LogP contribution in [0.4, 0.5) is 0 Å². The van der Waals surface area contributed by atoms with Gasteiger partial charge in [0.2, 0.25) is 0 Å². The number of Topliss-reactive ketones (excluding diaryl/α,β-unsaturated/α-hetero) is 2. The molecule has 0 fully saturated rings. The molecular formula is C10H18O9. The maximum Gasteiger partial charge on any atom is 0.335 e. The molecule has 0 spiro atoms. The van der Waals surface area contributed by atoms with Crippen LogP contribution in [-0.2, 0) is 14.4 Å². The smallest absolute Gasteiger partial charge is 0.335 e. The Morgan fingerprint density at radius 1 is 0.895 bits per heavy atom. The molecule has 4 atom stereocenters. The normalized spacial score (nSPS) is 16.4. The van der Waals surface area contributed by atoms with Crippen molar-refractivity contribution in [2.75, 3.05) is 6.61 Å². The van der Waals surface area contributed by atoms with Crippen LogP contribution >= 0.6 is 0 Å². The lowest BCUT2D eigenvalue weighted by Crippen LogP contribution is -2.48. The second-order valence-electron chi connectivity index (χ2n) is 3.63. The summed E-state index contributed by atoms with van der Waals surface area (Å²) in [6, 6.07) is 0. The van der Waals surface area contributed by atoms with Gasteiger partial charge in [0.05, 0.1) is 6.61 Å². The lowest BCUT2D eigenvalue weighted by atomic mass is 10.0. The first kappa shape index (κ1) is 19.9. The van der Waals surface area contributed by atoms with Crippen molar-refractivity contribution in [1.82, 2.24) is 0 Å². The third-order valence-electron chi connectivity index (χ3n) is 2.00. The number of aliphatic hydroxyl groups is 5. The monoisotopic (exact) mass is 282 g/mol. The maximum atomic E-state index is 10.1. The van der Waals surface area contributed by atoms with E-state index in [1.54, 1.807) is 0 Å². The Morgan fingerprint density at radius 3 is 1.47 bits per heavy atom. The largest absolute Gasteiger partial charge is 0.479 e. The highest BCUT2D eigenvalue weighted by Gasteiger charge is 2.33. The molecule has 0 aliphatic carbocycles. The van der Waals surface area contributed by atoms with Crippen molar-refractivity contribution in [2.24, 2.45) is 0 Å². The van der Waals surface area contributed by atoms with Gasteiger partial charge >= 0.3 is 5.97 Å². The summed E-state index contributed by atoms with van der Waals surface area (Å²) in [6.45, 7) is 1.66. The van der Waals surface area contributed by atoms with E-state index in [1.165, 1.54) is 13.8 Å². The molecule has 0 heterocycles. The van der Waals surface area contributed by atoms with Crippen LogP contribution in [0.5, 0.6) is 0 Å². The van der Waals surface area contributed by atoms with E-state index in [2.05, 4.69) is 0 Å². The third kappa shape index (κ3) is 8.35. The van der Waals surface area contributed by atoms with Gasteiger partial charge in [-0.15, -0.1) is 0 Å². The average molecular weight is 282 g/mol. The first-order chi connectivity index (χ1) is 8.56. The average Bonchev–Trinajstić information content (AvgIpc) is 2.35. The van der Waals surface area contributed by atoms with Gasteiger partial charge in [0.25, 0.3) is 0 Å². The fourth-order valence-electron chi connectivity index (χ4n) is 0.668. The zero-order valence-electron chi connectivity index (χ0n) is 10.4. The van der Waals surface area contributed by atoms with Crippen LogP contribution in [0.25, 0.3) is 0 Å². The van der Waals surface area contributed by atoms with E-state index in [4.69, 9.17) is 30.6 Å². The molecule has 0 aromatic rings. The molecule has 0 aliphatic heterocycles. The number of aliphatic carboxylic acids is 1. The number of hydrogen-bond donors (Lipinski definition) is 6. The van der Waals surface area contributed by atoms with Crippen molar-refractivity contribution in [3.05, 3.63) is 0 Å². The van der Waals surface area contributed by atoms with Gasteiger partial charge in [0, 0.05) is 13.8 Å². The first-order valence-electron chi connectivity index (χ1n) is 5.13. The van der Waals surface area contributed by atoms with E-state index in [0.717, 1.165) is 0 Å². The third-order valence-corrected chi connectivity index (χ3v) is 2.00. The van der Waals surface area contributed by atoms with Crippen LogP contribution in [0.15, 0.2) is 0 Å². The van der Waals surface area contributed by atoms with Gasteiger partial charge in [-0.1, -0.05) is 0 Å². The Hall–Kier alpha value is -1.39. The van der Waals surface area contributed by atoms with Crippen LogP contribution in [0.1, 0.15) is 13.8 Å². The molecule has 0 bridgehead atoms. The molecule has 0 aliphatic rings. The van der Waals surface area contributed by atoms with Gasteiger partial charge in [0.1, 0.15) is 18.3 Å². The number of aliphatic hydroxyl groups excluding tert-OH is 5. The lowest BCUT2D eigenvalue weighted by molar-refractivity contribution is -0.164. The predicted octanol–water partition coefficient (Wildman–Crippen LogP) is -3.33. The van der Waals surface area contributed by atoms with Gasteiger partial charge < -0.3 is 30.6 Å². The molecule has 9 nitrogen and oxygen atoms in total. The number of ketones is 2. The zero-order chi connectivity index (χ0) is 15.7. The molecule has 0 saturated heterocycles. The number of hydrogen-bond acceptors (Lipinski definition) is 8. The van der Waals surface area contributed by atoms with Gasteiger partial charge in [0.15, 0.2) is 17.7 Å². The van der Waals surface area contributed by atoms with Crippen LogP contribution in [-0.4, -0.2) is 79.2 Å². The van der Waals surface area contributed by atoms with Crippen molar-refractivity contribution in [1.29, 1.82) is 0 Å². The summed E-state index contributed by atoms with van der Waals surface area (Å²) < 4.78 is 0. The Kier molecular flexibility index (Phi) is 10.00. The van der Waals surface area contributed by atoms with Crippen molar-refractivity contribution in [3.63, 3.8) is 0 Å². The Balaban J connectivity index is 0. The minimum atomic E-state index is -2.20. The molecule has 9 heteroatoms. The molecule has 112 valence electrons. The standard InChI is InChI=1S/C6H12O7.C4H6O2/c7-1-2(8)3(9)4(10)5(11)6(12)13;1-3(5)4(2)6/h2-5,7-11H,1H2,(H,12,13);1-2H3/t2-,3-,4+,5-;/m1./s1. The maximum absolute atomic E-state index is 10.1. The SMILES string of the molecule is CC(=O)C(C)=O.O=C(O)[C@H](O)[C@@H](O)[C@H](O)[C@H](O)CO. The molecule has 0 radical (unpaired) electrons. The summed E-state index contributed by atoms with van der Waals surface area (Å²) in [7, 11) is 0. The number of carboxylic acid groups (broad SMARTS) is 1. The van der Waals surface area contributed by atoms with Crippen molar-refractivity contribution in [3.8, 4) is 0 Å². The number of carboxylic acids is 1. The number of rotatable bonds is 6. The van der Waals surface area contributed by atoms with Gasteiger partial charge in [-0.05, 0) is 0 Å². The van der Waals surface area contributed by atoms with Crippen molar-refractivity contribution >= 4 is 17.5 Å². The van der Waals surface area contributed by atoms with E-state index in [0.29, 0.717) is 0 Å². The molecule has 0 rings (SSSR count). The van der Waals surface area contributed by atoms with E-state index < -0.39 is 37.0 Å². The van der Waals surface area contributed by atoms with Gasteiger partial charge in [-0.2, -0.15) is 0 Å². The Labute approximate surface area is 108 Å². The van der Waals surface area contributed by atoms with E-state index in [1.807, 2.05) is 0 Å². The molecule has 0 aromatic heterocycles. The molecule has 0 saturated carbocycles. The summed E-state index contributed by atoms with van der Waals surface area (Å²) in [5, 5.41) is 51.8. The number of carbonyl (C=O) groups is 3. The molecule has 0 unspecified atom stereocenters. The molecule has 0 aromatic carbocycles. The quantitative estimate of drug-likeness (QED) is 0.272. The minimum Gasteiger partial charge on any atom is -0.479 e. The highest BCUT2D eigenvalue weighted by atomic mass is 16.4. The second-order valence-corrected chi connectivity index (χ2v) is 3.63. The summed E-state index contributed by atoms with van der Waals surface area (Å²) in [5.74, 6) is -2.48. The summed E-state index contributed by atoms with van der Waals surface area (Å²) in [6.07, 6.45) is -7.84. The zero-order valence-corrected chi connectivity index (χ0v) is 10.4. The van der Waals surface area contributed by atoms with Crippen LogP contribution in [0.3, 0.4) is 0 Å². The summed E-state index contributed by atoms with van der Waals surface area (Å²) >= 11 is 0. The summed E-state index contributed by atoms with van der Waals surface area (Å²) in [5.41, 5.74) is 0. The van der Waals surface area contributed by atoms with Crippen molar-refractivity contribution in [2.45, 2.75) is 38.3 Å². The highest BCUT2D eigenvalue weighted by molar-refractivity contribution is 6.35. The predicted molar refractivity (Wildman–Crippen MR) is 60.1 cm³/mol. The Morgan fingerprint density at radius 2 is 1.26 bits per heavy atom. The van der Waals surface area contributed by atoms with Crippen molar-refractivity contribution < 1.29 is 45.0 Å². The minimum absolute atomic E-state index is 0.380. The van der Waals surface area contributed by atoms with Crippen LogP contribution < -0.4 is 0 Å². The fraction of sp³-hybridized carbons (Fsp3) is 0.700. The molecule has 6 N–H and O–H groups in total. The van der Waals surface area contributed by atoms with Gasteiger partial charge in [-0.3, -0.25) is 9.59 Å². The topological polar surface area (TPSA) is 173 Å². The highest BCUT2D eigenvalue weighted by Crippen LogP contribution is 2.04. The molecular weight excluding hydrogens is 264 g/mol. The second kappa shape index (κ2) is 9.53. The molecule has 0 amide bonds. The molecule has 19 heavy (non-hydrogen) atoms. The van der Waals surface area contributed by atoms with E-state index in [-0.39, 0.29) is 11.6 Å². The van der Waals surface area contributed by atoms with Gasteiger partial charge in [-0.25, -0.2) is 4.79 Å². The first-order valence-corrected chi connectivity index (χ1v) is 5.13. The van der Waals surface area contributed by atoms with Crippen LogP contribution in [0.2, 0.25) is 0 Å². The fourth-order valence-corrected chi connectivity index (χ4v) is 0.668. The van der Waals surface area contributed by atoms with Crippen LogP contribution in [0, 0.1) is 0 Å².